The van der Waals surface area contributed by atoms with E-state index in [2.05, 4.69) is 9.80 Å². The third-order valence-corrected chi connectivity index (χ3v) is 4.53. The van der Waals surface area contributed by atoms with Gasteiger partial charge in [-0.25, -0.2) is 0 Å². The maximum absolute atomic E-state index is 11.7. The van der Waals surface area contributed by atoms with Gasteiger partial charge in [0.25, 0.3) is 0 Å². The van der Waals surface area contributed by atoms with Gasteiger partial charge in [0.05, 0.1) is 6.54 Å². The predicted octanol–water partition coefficient (Wildman–Crippen LogP) is 1.27. The number of piperidine rings is 2. The van der Waals surface area contributed by atoms with Gasteiger partial charge in [-0.05, 0) is 57.8 Å². The highest BCUT2D eigenvalue weighted by molar-refractivity contribution is 5.77. The summed E-state index contributed by atoms with van der Waals surface area (Å²) in [4.78, 5) is 18.3. The van der Waals surface area contributed by atoms with Crippen LogP contribution in [0.3, 0.4) is 0 Å². The van der Waals surface area contributed by atoms with E-state index in [1.807, 2.05) is 14.1 Å². The summed E-state index contributed by atoms with van der Waals surface area (Å²) in [6.45, 7) is 6.69. The van der Waals surface area contributed by atoms with Crippen molar-refractivity contribution < 1.29 is 4.79 Å². The summed E-state index contributed by atoms with van der Waals surface area (Å²) in [5, 5.41) is 0. The standard InChI is InChI=1S/C15H29N3O/c1-16(2)15(19)13-18-10-6-14(7-11-18)12-17-8-4-3-5-9-17/h14H,3-13H2,1-2H3. The topological polar surface area (TPSA) is 26.8 Å². The number of nitrogens with zero attached hydrogens (tertiary/aromatic N) is 3. The number of likely N-dealkylation sites (tertiary alicyclic amines) is 2. The highest BCUT2D eigenvalue weighted by Crippen LogP contribution is 2.20. The van der Waals surface area contributed by atoms with Crippen molar-refractivity contribution in [1.29, 1.82) is 0 Å². The van der Waals surface area contributed by atoms with Crippen molar-refractivity contribution >= 4 is 5.91 Å². The molecule has 0 saturated carbocycles. The molecule has 2 aliphatic rings. The van der Waals surface area contributed by atoms with Gasteiger partial charge >= 0.3 is 0 Å². The van der Waals surface area contributed by atoms with Crippen molar-refractivity contribution in [1.82, 2.24) is 14.7 Å². The van der Waals surface area contributed by atoms with Crippen LogP contribution in [0.2, 0.25) is 0 Å². The quantitative estimate of drug-likeness (QED) is 0.767. The number of likely N-dealkylation sites (N-methyl/N-ethyl adjacent to an activating group) is 1. The van der Waals surface area contributed by atoms with Crippen LogP contribution in [0, 0.1) is 5.92 Å². The van der Waals surface area contributed by atoms with Gasteiger partial charge in [-0.2, -0.15) is 0 Å². The smallest absolute Gasteiger partial charge is 0.236 e. The highest BCUT2D eigenvalue weighted by Gasteiger charge is 2.23. The Labute approximate surface area is 117 Å². The summed E-state index contributed by atoms with van der Waals surface area (Å²) in [5.74, 6) is 1.08. The normalized spacial score (nSPS) is 23.5. The van der Waals surface area contributed by atoms with Crippen LogP contribution in [0.5, 0.6) is 0 Å². The molecule has 4 nitrogen and oxygen atoms in total. The highest BCUT2D eigenvalue weighted by atomic mass is 16.2. The monoisotopic (exact) mass is 267 g/mol. The largest absolute Gasteiger partial charge is 0.348 e. The zero-order valence-corrected chi connectivity index (χ0v) is 12.6. The van der Waals surface area contributed by atoms with Gasteiger partial charge in [-0.3, -0.25) is 9.69 Å². The van der Waals surface area contributed by atoms with E-state index in [0.29, 0.717) is 6.54 Å². The molecule has 2 heterocycles. The minimum atomic E-state index is 0.231. The van der Waals surface area contributed by atoms with Crippen molar-refractivity contribution in [3.63, 3.8) is 0 Å². The molecule has 0 aromatic heterocycles. The Hall–Kier alpha value is -0.610. The summed E-state index contributed by atoms with van der Waals surface area (Å²) >= 11 is 0. The second-order valence-corrected chi connectivity index (χ2v) is 6.37. The first kappa shape index (κ1) is 14.8. The molecule has 0 atom stereocenters. The lowest BCUT2D eigenvalue weighted by Crippen LogP contribution is -2.43. The SMILES string of the molecule is CN(C)C(=O)CN1CCC(CN2CCCCC2)CC1. The molecule has 0 N–H and O–H groups in total. The summed E-state index contributed by atoms with van der Waals surface area (Å²) in [6, 6.07) is 0. The van der Waals surface area contributed by atoms with E-state index >= 15 is 0 Å². The molecule has 0 radical (unpaired) electrons. The molecule has 2 aliphatic heterocycles. The maximum Gasteiger partial charge on any atom is 0.236 e. The van der Waals surface area contributed by atoms with Crippen LogP contribution >= 0.6 is 0 Å². The van der Waals surface area contributed by atoms with Gasteiger partial charge in [0, 0.05) is 20.6 Å². The number of hydrogen-bond acceptors (Lipinski definition) is 3. The van der Waals surface area contributed by atoms with E-state index in [9.17, 15) is 4.79 Å². The zero-order valence-electron chi connectivity index (χ0n) is 12.6. The molecule has 19 heavy (non-hydrogen) atoms. The van der Waals surface area contributed by atoms with Crippen LogP contribution < -0.4 is 0 Å². The Bertz CT molecular complexity index is 279. The maximum atomic E-state index is 11.7. The van der Waals surface area contributed by atoms with E-state index < -0.39 is 0 Å². The summed E-state index contributed by atoms with van der Waals surface area (Å²) < 4.78 is 0. The molecule has 0 spiro atoms. The van der Waals surface area contributed by atoms with Gasteiger partial charge in [-0.1, -0.05) is 6.42 Å². The molecule has 0 aromatic carbocycles. The number of amides is 1. The molecular formula is C15H29N3O. The first-order valence-corrected chi connectivity index (χ1v) is 7.80. The Morgan fingerprint density at radius 3 is 2.21 bits per heavy atom. The third-order valence-electron chi connectivity index (χ3n) is 4.53. The fourth-order valence-electron chi connectivity index (χ4n) is 3.17. The van der Waals surface area contributed by atoms with E-state index in [0.717, 1.165) is 19.0 Å². The number of rotatable bonds is 4. The molecule has 0 bridgehead atoms. The lowest BCUT2D eigenvalue weighted by atomic mass is 9.95. The Kier molecular flexibility index (Phi) is 5.64. The average molecular weight is 267 g/mol. The van der Waals surface area contributed by atoms with Gasteiger partial charge < -0.3 is 9.80 Å². The van der Waals surface area contributed by atoms with Crippen LogP contribution in [0.1, 0.15) is 32.1 Å². The van der Waals surface area contributed by atoms with Crippen molar-refractivity contribution in [3.8, 4) is 0 Å². The fourth-order valence-corrected chi connectivity index (χ4v) is 3.17. The van der Waals surface area contributed by atoms with Crippen LogP contribution in [0.4, 0.5) is 0 Å². The minimum absolute atomic E-state index is 0.231. The summed E-state index contributed by atoms with van der Waals surface area (Å²) in [6.07, 6.45) is 6.71. The van der Waals surface area contributed by atoms with E-state index in [-0.39, 0.29) is 5.91 Å². The molecule has 1 amide bonds. The Morgan fingerprint density at radius 2 is 1.63 bits per heavy atom. The molecule has 2 rings (SSSR count). The first-order valence-electron chi connectivity index (χ1n) is 7.80. The molecule has 0 unspecified atom stereocenters. The number of carbonyl (C=O) groups is 1. The lowest BCUT2D eigenvalue weighted by Gasteiger charge is -2.36. The molecule has 0 aliphatic carbocycles. The molecule has 4 heteroatoms. The molecular weight excluding hydrogens is 238 g/mol. The third kappa shape index (κ3) is 4.77. The van der Waals surface area contributed by atoms with E-state index in [4.69, 9.17) is 0 Å². The van der Waals surface area contributed by atoms with Crippen molar-refractivity contribution in [3.05, 3.63) is 0 Å². The minimum Gasteiger partial charge on any atom is -0.348 e. The number of hydrogen-bond donors (Lipinski definition) is 0. The van der Waals surface area contributed by atoms with Crippen LogP contribution in [0.25, 0.3) is 0 Å². The van der Waals surface area contributed by atoms with Crippen molar-refractivity contribution in [2.24, 2.45) is 5.92 Å². The zero-order chi connectivity index (χ0) is 13.7. The first-order chi connectivity index (χ1) is 9.15. The molecule has 110 valence electrons. The second kappa shape index (κ2) is 7.25. The van der Waals surface area contributed by atoms with Crippen LogP contribution in [-0.4, -0.2) is 74.0 Å². The predicted molar refractivity (Wildman–Crippen MR) is 78.1 cm³/mol. The number of carbonyl (C=O) groups excluding carboxylic acids is 1. The molecule has 2 saturated heterocycles. The fraction of sp³-hybridized carbons (Fsp3) is 0.933. The van der Waals surface area contributed by atoms with Crippen LogP contribution in [0.15, 0.2) is 0 Å². The van der Waals surface area contributed by atoms with E-state index in [1.165, 1.54) is 51.7 Å². The van der Waals surface area contributed by atoms with Gasteiger partial charge in [0.1, 0.15) is 0 Å². The van der Waals surface area contributed by atoms with Crippen molar-refractivity contribution in [2.75, 3.05) is 53.4 Å². The summed E-state index contributed by atoms with van der Waals surface area (Å²) in [7, 11) is 3.68. The summed E-state index contributed by atoms with van der Waals surface area (Å²) in [5.41, 5.74) is 0. The molecule has 2 fully saturated rings. The second-order valence-electron chi connectivity index (χ2n) is 6.37. The van der Waals surface area contributed by atoms with Crippen molar-refractivity contribution in [2.45, 2.75) is 32.1 Å². The van der Waals surface area contributed by atoms with Gasteiger partial charge in [0.15, 0.2) is 0 Å². The Balaban J connectivity index is 1.65. The van der Waals surface area contributed by atoms with Gasteiger partial charge in [-0.15, -0.1) is 0 Å². The Morgan fingerprint density at radius 1 is 1.00 bits per heavy atom. The van der Waals surface area contributed by atoms with Gasteiger partial charge in [0.2, 0.25) is 5.91 Å². The van der Waals surface area contributed by atoms with E-state index in [1.54, 1.807) is 4.90 Å². The molecule has 0 aromatic rings. The lowest BCUT2D eigenvalue weighted by molar-refractivity contribution is -0.130. The average Bonchev–Trinajstić information content (AvgIpc) is 2.42. The van der Waals surface area contributed by atoms with Crippen LogP contribution in [-0.2, 0) is 4.79 Å².